The molecule has 1 unspecified atom stereocenters. The first-order valence-corrected chi connectivity index (χ1v) is 13.4. The maximum atomic E-state index is 14.3. The lowest BCUT2D eigenvalue weighted by Gasteiger charge is -2.41. The topological polar surface area (TPSA) is 61.9 Å². The van der Waals surface area contributed by atoms with Crippen LogP contribution >= 0.6 is 0 Å². The number of nitrogens with one attached hydrogen (secondary N) is 1. The summed E-state index contributed by atoms with van der Waals surface area (Å²) in [7, 11) is 0. The van der Waals surface area contributed by atoms with Crippen molar-refractivity contribution in [3.8, 4) is 5.75 Å². The van der Waals surface area contributed by atoms with Crippen molar-refractivity contribution in [3.05, 3.63) is 23.3 Å². The number of carbonyl (C=O) groups is 2. The second-order valence-corrected chi connectivity index (χ2v) is 11.0. The van der Waals surface area contributed by atoms with E-state index in [1.54, 1.807) is 13.8 Å². The highest BCUT2D eigenvalue weighted by Gasteiger charge is 2.45. The van der Waals surface area contributed by atoms with Crippen molar-refractivity contribution in [2.45, 2.75) is 109 Å². The average molecular weight is 566 g/mol. The molecule has 39 heavy (non-hydrogen) atoms. The van der Waals surface area contributed by atoms with Crippen LogP contribution in [-0.2, 0) is 11.0 Å². The molecule has 2 aliphatic rings. The number of amides is 2. The summed E-state index contributed by atoms with van der Waals surface area (Å²) in [6.45, 7) is 7.07. The minimum absolute atomic E-state index is 0.0788. The van der Waals surface area contributed by atoms with Crippen LogP contribution in [0.2, 0.25) is 0 Å². The van der Waals surface area contributed by atoms with Gasteiger partial charge in [0.15, 0.2) is 5.60 Å². The Morgan fingerprint density at radius 1 is 1.13 bits per heavy atom. The third-order valence-corrected chi connectivity index (χ3v) is 7.34. The maximum absolute atomic E-state index is 14.3. The zero-order chi connectivity index (χ0) is 29.3. The predicted molar refractivity (Wildman–Crippen MR) is 135 cm³/mol. The molecule has 0 spiro atoms. The van der Waals surface area contributed by atoms with E-state index < -0.39 is 46.9 Å². The zero-order valence-electron chi connectivity index (χ0n) is 22.9. The molecule has 1 aliphatic heterocycles. The fourth-order valence-electron chi connectivity index (χ4n) is 5.41. The molecule has 220 valence electrons. The summed E-state index contributed by atoms with van der Waals surface area (Å²) < 4.78 is 88.1. The lowest BCUT2D eigenvalue weighted by molar-refractivity contribution is -0.156. The third kappa shape index (κ3) is 6.81. The van der Waals surface area contributed by atoms with Crippen LogP contribution in [0.15, 0.2) is 12.1 Å². The van der Waals surface area contributed by atoms with Crippen molar-refractivity contribution < 1.29 is 40.7 Å². The fourth-order valence-corrected chi connectivity index (χ4v) is 5.41. The summed E-state index contributed by atoms with van der Waals surface area (Å²) in [5.74, 6) is -1.70. The Morgan fingerprint density at radius 2 is 1.74 bits per heavy atom. The number of hydrogen-bond donors (Lipinski definition) is 1. The molecule has 0 aromatic heterocycles. The van der Waals surface area contributed by atoms with Crippen LogP contribution in [0.3, 0.4) is 0 Å². The molecule has 0 radical (unpaired) electrons. The van der Waals surface area contributed by atoms with E-state index >= 15 is 0 Å². The number of nitrogens with zero attached hydrogens (tertiary/aromatic N) is 2. The van der Waals surface area contributed by atoms with Crippen LogP contribution in [0.4, 0.5) is 32.0 Å². The Kier molecular flexibility index (Phi) is 9.19. The van der Waals surface area contributed by atoms with Gasteiger partial charge in [-0.05, 0) is 59.1 Å². The Hall–Kier alpha value is -2.50. The van der Waals surface area contributed by atoms with Crippen molar-refractivity contribution >= 4 is 17.5 Å². The highest BCUT2D eigenvalue weighted by Crippen LogP contribution is 2.44. The molecule has 2 amide bonds. The summed E-state index contributed by atoms with van der Waals surface area (Å²) in [6, 6.07) is -0.661. The highest BCUT2D eigenvalue weighted by molar-refractivity contribution is 6.05. The number of carbonyl (C=O) groups excluding carboxylic acids is 2. The first-order valence-electron chi connectivity index (χ1n) is 13.4. The van der Waals surface area contributed by atoms with E-state index in [2.05, 4.69) is 5.32 Å². The lowest BCUT2D eigenvalue weighted by atomic mass is 9.92. The highest BCUT2D eigenvalue weighted by atomic mass is 19.4. The van der Waals surface area contributed by atoms with Gasteiger partial charge in [0.25, 0.3) is 11.8 Å². The Bertz CT molecular complexity index is 1050. The minimum atomic E-state index is -4.89. The van der Waals surface area contributed by atoms with Crippen molar-refractivity contribution in [1.29, 1.82) is 0 Å². The van der Waals surface area contributed by atoms with E-state index in [0.29, 0.717) is 12.8 Å². The second-order valence-electron chi connectivity index (χ2n) is 11.0. The summed E-state index contributed by atoms with van der Waals surface area (Å²) in [4.78, 5) is 29.6. The molecule has 1 saturated carbocycles. The van der Waals surface area contributed by atoms with Crippen LogP contribution < -0.4 is 15.0 Å². The first-order chi connectivity index (χ1) is 18.0. The first kappa shape index (κ1) is 31.0. The molecule has 1 N–H and O–H groups in total. The van der Waals surface area contributed by atoms with Gasteiger partial charge in [-0.25, -0.2) is 0 Å². The number of ether oxygens (including phenoxy) is 1. The molecule has 12 heteroatoms. The van der Waals surface area contributed by atoms with Gasteiger partial charge in [0, 0.05) is 25.2 Å². The van der Waals surface area contributed by atoms with Crippen LogP contribution in [-0.4, -0.2) is 59.7 Å². The van der Waals surface area contributed by atoms with Crippen molar-refractivity contribution in [1.82, 2.24) is 10.2 Å². The van der Waals surface area contributed by atoms with Crippen molar-refractivity contribution in [2.75, 3.05) is 18.0 Å². The number of benzene rings is 1. The number of alkyl halides is 6. The molecule has 3 rings (SSSR count). The summed E-state index contributed by atoms with van der Waals surface area (Å²) >= 11 is 0. The molecule has 1 aliphatic carbocycles. The van der Waals surface area contributed by atoms with Crippen LogP contribution in [0.25, 0.3) is 0 Å². The van der Waals surface area contributed by atoms with Gasteiger partial charge in [-0.1, -0.05) is 26.2 Å². The molecular formula is C27H37F6N3O3. The zero-order valence-corrected chi connectivity index (χ0v) is 22.9. The molecule has 6 nitrogen and oxygen atoms in total. The smallest absolute Gasteiger partial charge is 0.417 e. The molecule has 0 saturated heterocycles. The number of hydrogen-bond acceptors (Lipinski definition) is 4. The van der Waals surface area contributed by atoms with Gasteiger partial charge < -0.3 is 19.9 Å². The Balaban J connectivity index is 2.06. The molecule has 0 bridgehead atoms. The Labute approximate surface area is 225 Å². The van der Waals surface area contributed by atoms with Crippen LogP contribution in [0.5, 0.6) is 5.75 Å². The number of rotatable bonds is 8. The van der Waals surface area contributed by atoms with Crippen LogP contribution in [0, 0.1) is 0 Å². The van der Waals surface area contributed by atoms with Crippen molar-refractivity contribution in [3.63, 3.8) is 0 Å². The molecular weight excluding hydrogens is 528 g/mol. The molecule has 1 fully saturated rings. The van der Waals surface area contributed by atoms with E-state index in [1.807, 2.05) is 0 Å². The second kappa shape index (κ2) is 11.5. The quantitative estimate of drug-likeness (QED) is 0.375. The van der Waals surface area contributed by atoms with Gasteiger partial charge in [-0.3, -0.25) is 9.59 Å². The normalized spacial score (nSPS) is 19.1. The average Bonchev–Trinajstić information content (AvgIpc) is 2.82. The third-order valence-electron chi connectivity index (χ3n) is 7.34. The monoisotopic (exact) mass is 565 g/mol. The van der Waals surface area contributed by atoms with Crippen molar-refractivity contribution in [2.24, 2.45) is 0 Å². The fraction of sp³-hybridized carbons (Fsp3) is 0.704. The molecule has 1 aromatic carbocycles. The standard InChI is InChI=1S/C27H37F6N3O3/c1-6-22(27(31,32)33)34-12-13-35-20-14-18(23(37)36(16(2)3)17-10-8-7-9-11-17)19(26(28,29)30)15-21(20)39-25(4,5)24(35)38/h14-17,22,34H,6-13H2,1-5H3. The van der Waals surface area contributed by atoms with Gasteiger partial charge in [0.05, 0.1) is 16.8 Å². The van der Waals surface area contributed by atoms with Gasteiger partial charge >= 0.3 is 12.4 Å². The van der Waals surface area contributed by atoms with E-state index in [-0.39, 0.29) is 43.0 Å². The Morgan fingerprint density at radius 3 is 2.26 bits per heavy atom. The predicted octanol–water partition coefficient (Wildman–Crippen LogP) is 6.32. The lowest BCUT2D eigenvalue weighted by Crippen LogP contribution is -2.55. The minimum Gasteiger partial charge on any atom is -0.476 e. The van der Waals surface area contributed by atoms with Crippen LogP contribution in [0.1, 0.15) is 89.1 Å². The summed E-state index contributed by atoms with van der Waals surface area (Å²) in [6.07, 6.45) is -5.53. The van der Waals surface area contributed by atoms with E-state index in [0.717, 1.165) is 36.3 Å². The number of fused-ring (bicyclic) bond motifs is 1. The maximum Gasteiger partial charge on any atom is 0.417 e. The van der Waals surface area contributed by atoms with E-state index in [1.165, 1.54) is 25.7 Å². The molecule has 1 heterocycles. The SMILES string of the molecule is CCC(NCCN1C(=O)C(C)(C)Oc2cc(C(F)(F)F)c(C(=O)N(C(C)C)C3CCCCC3)cc21)C(F)(F)F. The largest absolute Gasteiger partial charge is 0.476 e. The summed E-state index contributed by atoms with van der Waals surface area (Å²) in [5, 5.41) is 2.37. The number of anilines is 1. The van der Waals surface area contributed by atoms with Gasteiger partial charge in [0.1, 0.15) is 11.8 Å². The summed E-state index contributed by atoms with van der Waals surface area (Å²) in [5.41, 5.74) is -3.44. The molecule has 1 aromatic rings. The van der Waals surface area contributed by atoms with E-state index in [4.69, 9.17) is 4.74 Å². The van der Waals surface area contributed by atoms with Gasteiger partial charge in [-0.15, -0.1) is 0 Å². The van der Waals surface area contributed by atoms with Gasteiger partial charge in [-0.2, -0.15) is 26.3 Å². The molecule has 1 atom stereocenters. The van der Waals surface area contributed by atoms with E-state index in [9.17, 15) is 35.9 Å². The van der Waals surface area contributed by atoms with Gasteiger partial charge in [0.2, 0.25) is 0 Å². The number of halogens is 6.